The first kappa shape index (κ1) is 11.5. The molecule has 0 amide bonds. The lowest BCUT2D eigenvalue weighted by Gasteiger charge is -2.17. The van der Waals surface area contributed by atoms with Crippen LogP contribution in [-0.2, 0) is 6.54 Å². The minimum atomic E-state index is 0.372. The maximum atomic E-state index is 9.41. The zero-order valence-electron chi connectivity index (χ0n) is 10.2. The Balaban J connectivity index is 1.92. The average molecular weight is 219 g/mol. The van der Waals surface area contributed by atoms with Crippen LogP contribution in [0.25, 0.3) is 0 Å². The minimum absolute atomic E-state index is 0.372. The van der Waals surface area contributed by atoms with Crippen LogP contribution < -0.4 is 0 Å². The van der Waals surface area contributed by atoms with Crippen molar-refractivity contribution >= 4 is 0 Å². The number of aromatic hydroxyl groups is 1. The molecule has 1 heterocycles. The van der Waals surface area contributed by atoms with Gasteiger partial charge in [0.1, 0.15) is 5.75 Å². The topological polar surface area (TPSA) is 23.5 Å². The molecule has 1 aromatic carbocycles. The first-order valence-electron chi connectivity index (χ1n) is 6.15. The molecule has 2 heteroatoms. The van der Waals surface area contributed by atoms with E-state index < -0.39 is 0 Å². The predicted molar refractivity (Wildman–Crippen MR) is 66.3 cm³/mol. The van der Waals surface area contributed by atoms with Crippen molar-refractivity contribution in [2.45, 2.75) is 26.8 Å². The van der Waals surface area contributed by atoms with Gasteiger partial charge in [-0.1, -0.05) is 26.0 Å². The van der Waals surface area contributed by atoms with Gasteiger partial charge < -0.3 is 5.11 Å². The number of hydrogen-bond acceptors (Lipinski definition) is 2. The Morgan fingerprint density at radius 2 is 2.25 bits per heavy atom. The van der Waals surface area contributed by atoms with Crippen LogP contribution in [-0.4, -0.2) is 23.1 Å². The lowest BCUT2D eigenvalue weighted by atomic mass is 9.95. The summed E-state index contributed by atoms with van der Waals surface area (Å²) in [6.07, 6.45) is 1.32. The van der Waals surface area contributed by atoms with E-state index in [9.17, 15) is 5.11 Å². The third kappa shape index (κ3) is 2.76. The number of likely N-dealkylation sites (tertiary alicyclic amines) is 1. The Labute approximate surface area is 97.9 Å². The highest BCUT2D eigenvalue weighted by Crippen LogP contribution is 2.25. The fourth-order valence-corrected chi connectivity index (χ4v) is 2.46. The molecule has 1 saturated heterocycles. The molecule has 1 aliphatic heterocycles. The zero-order valence-corrected chi connectivity index (χ0v) is 10.2. The number of rotatable bonds is 3. The van der Waals surface area contributed by atoms with Crippen LogP contribution in [0.4, 0.5) is 0 Å². The normalized spacial score (nSPS) is 21.8. The van der Waals surface area contributed by atoms with Crippen molar-refractivity contribution in [1.29, 1.82) is 0 Å². The summed E-state index contributed by atoms with van der Waals surface area (Å²) in [6.45, 7) is 7.98. The largest absolute Gasteiger partial charge is 0.508 e. The van der Waals surface area contributed by atoms with Crippen molar-refractivity contribution in [1.82, 2.24) is 4.90 Å². The third-order valence-corrected chi connectivity index (χ3v) is 3.57. The molecule has 1 aromatic rings. The van der Waals surface area contributed by atoms with Crippen LogP contribution in [0.15, 0.2) is 24.3 Å². The summed E-state index contributed by atoms with van der Waals surface area (Å²) in [6, 6.07) is 7.59. The molecule has 0 radical (unpaired) electrons. The van der Waals surface area contributed by atoms with Gasteiger partial charge in [0.2, 0.25) is 0 Å². The van der Waals surface area contributed by atoms with Crippen molar-refractivity contribution in [3.8, 4) is 5.75 Å². The van der Waals surface area contributed by atoms with E-state index >= 15 is 0 Å². The second-order valence-electron chi connectivity index (χ2n) is 5.20. The van der Waals surface area contributed by atoms with Crippen molar-refractivity contribution in [3.05, 3.63) is 29.8 Å². The number of phenolic OH excluding ortho intramolecular Hbond substituents is 1. The Morgan fingerprint density at radius 3 is 2.88 bits per heavy atom. The van der Waals surface area contributed by atoms with E-state index in [1.807, 2.05) is 12.1 Å². The Kier molecular flexibility index (Phi) is 3.49. The summed E-state index contributed by atoms with van der Waals surface area (Å²) in [5, 5.41) is 9.41. The van der Waals surface area contributed by atoms with Gasteiger partial charge in [-0.3, -0.25) is 4.90 Å². The van der Waals surface area contributed by atoms with Gasteiger partial charge in [-0.05, 0) is 42.5 Å². The van der Waals surface area contributed by atoms with Crippen LogP contribution in [0.1, 0.15) is 25.8 Å². The molecule has 0 spiro atoms. The Bertz CT molecular complexity index is 348. The molecule has 1 fully saturated rings. The summed E-state index contributed by atoms with van der Waals surface area (Å²) in [5.41, 5.74) is 1.21. The van der Waals surface area contributed by atoms with Crippen molar-refractivity contribution in [3.63, 3.8) is 0 Å². The van der Waals surface area contributed by atoms with E-state index in [2.05, 4.69) is 24.8 Å². The van der Waals surface area contributed by atoms with Crippen LogP contribution in [0.5, 0.6) is 5.75 Å². The molecule has 2 nitrogen and oxygen atoms in total. The first-order valence-corrected chi connectivity index (χ1v) is 6.15. The molecule has 2 rings (SSSR count). The molecule has 1 atom stereocenters. The zero-order chi connectivity index (χ0) is 11.5. The van der Waals surface area contributed by atoms with Crippen LogP contribution in [0.3, 0.4) is 0 Å². The van der Waals surface area contributed by atoms with Gasteiger partial charge in [0.25, 0.3) is 0 Å². The molecule has 88 valence electrons. The smallest absolute Gasteiger partial charge is 0.115 e. The molecule has 0 aromatic heterocycles. The fourth-order valence-electron chi connectivity index (χ4n) is 2.46. The van der Waals surface area contributed by atoms with E-state index in [-0.39, 0.29) is 0 Å². The monoisotopic (exact) mass is 219 g/mol. The number of benzene rings is 1. The summed E-state index contributed by atoms with van der Waals surface area (Å²) < 4.78 is 0. The van der Waals surface area contributed by atoms with Gasteiger partial charge >= 0.3 is 0 Å². The lowest BCUT2D eigenvalue weighted by Crippen LogP contribution is -2.21. The molecular weight excluding hydrogens is 198 g/mol. The highest BCUT2D eigenvalue weighted by Gasteiger charge is 2.24. The minimum Gasteiger partial charge on any atom is -0.508 e. The van der Waals surface area contributed by atoms with Gasteiger partial charge in [0.05, 0.1) is 0 Å². The Morgan fingerprint density at radius 1 is 1.44 bits per heavy atom. The number of nitrogens with zero attached hydrogens (tertiary/aromatic N) is 1. The molecule has 0 aliphatic carbocycles. The SMILES string of the molecule is CC(C)C1CCN(Cc2cccc(O)c2)C1. The quantitative estimate of drug-likeness (QED) is 0.845. The van der Waals surface area contributed by atoms with Crippen LogP contribution in [0, 0.1) is 11.8 Å². The number of hydrogen-bond donors (Lipinski definition) is 1. The second-order valence-corrected chi connectivity index (χ2v) is 5.20. The van der Waals surface area contributed by atoms with E-state index in [1.165, 1.54) is 25.1 Å². The van der Waals surface area contributed by atoms with E-state index in [1.54, 1.807) is 6.07 Å². The fraction of sp³-hybridized carbons (Fsp3) is 0.571. The Hall–Kier alpha value is -1.02. The third-order valence-electron chi connectivity index (χ3n) is 3.57. The van der Waals surface area contributed by atoms with E-state index in [0.717, 1.165) is 18.4 Å². The molecular formula is C14H21NO. The summed E-state index contributed by atoms with van der Waals surface area (Å²) in [5.74, 6) is 2.00. The van der Waals surface area contributed by atoms with Gasteiger partial charge in [-0.15, -0.1) is 0 Å². The molecule has 1 N–H and O–H groups in total. The lowest BCUT2D eigenvalue weighted by molar-refractivity contribution is 0.296. The van der Waals surface area contributed by atoms with Crippen LogP contribution >= 0.6 is 0 Å². The average Bonchev–Trinajstić information content (AvgIpc) is 2.66. The van der Waals surface area contributed by atoms with Crippen molar-refractivity contribution in [2.24, 2.45) is 11.8 Å². The molecule has 0 saturated carbocycles. The molecule has 0 bridgehead atoms. The molecule has 16 heavy (non-hydrogen) atoms. The predicted octanol–water partition coefficient (Wildman–Crippen LogP) is 2.87. The van der Waals surface area contributed by atoms with Gasteiger partial charge in [-0.2, -0.15) is 0 Å². The highest BCUT2D eigenvalue weighted by atomic mass is 16.3. The summed E-state index contributed by atoms with van der Waals surface area (Å²) >= 11 is 0. The van der Waals surface area contributed by atoms with Crippen LogP contribution in [0.2, 0.25) is 0 Å². The number of phenols is 1. The molecule has 1 aliphatic rings. The van der Waals surface area contributed by atoms with E-state index in [0.29, 0.717) is 5.75 Å². The summed E-state index contributed by atoms with van der Waals surface area (Å²) in [7, 11) is 0. The standard InChI is InChI=1S/C14H21NO/c1-11(2)13-6-7-15(10-13)9-12-4-3-5-14(16)8-12/h3-5,8,11,13,16H,6-7,9-10H2,1-2H3. The van der Waals surface area contributed by atoms with Crippen molar-refractivity contribution < 1.29 is 5.11 Å². The summed E-state index contributed by atoms with van der Waals surface area (Å²) in [4.78, 5) is 2.49. The van der Waals surface area contributed by atoms with Gasteiger partial charge in [-0.25, -0.2) is 0 Å². The van der Waals surface area contributed by atoms with E-state index in [4.69, 9.17) is 0 Å². The van der Waals surface area contributed by atoms with Gasteiger partial charge in [0.15, 0.2) is 0 Å². The van der Waals surface area contributed by atoms with Crippen molar-refractivity contribution in [2.75, 3.05) is 13.1 Å². The molecule has 1 unspecified atom stereocenters. The van der Waals surface area contributed by atoms with Gasteiger partial charge in [0, 0.05) is 13.1 Å². The maximum absolute atomic E-state index is 9.41. The first-order chi connectivity index (χ1) is 7.65. The second kappa shape index (κ2) is 4.88. The maximum Gasteiger partial charge on any atom is 0.115 e. The highest BCUT2D eigenvalue weighted by molar-refractivity contribution is 5.27.